The first-order chi connectivity index (χ1) is 13.1. The van der Waals surface area contributed by atoms with Crippen LogP contribution in [0.3, 0.4) is 0 Å². The lowest BCUT2D eigenvalue weighted by molar-refractivity contribution is -0.141. The lowest BCUT2D eigenvalue weighted by atomic mass is 9.92. The summed E-state index contributed by atoms with van der Waals surface area (Å²) in [5.41, 5.74) is 0.613. The van der Waals surface area contributed by atoms with Gasteiger partial charge in [-0.05, 0) is 62.3 Å². The van der Waals surface area contributed by atoms with Gasteiger partial charge in [-0.15, -0.1) is 0 Å². The highest BCUT2D eigenvalue weighted by molar-refractivity contribution is 6.23. The molecular formula is C20H23N3O4. The number of aliphatic imine (C=N–C) groups is 1. The van der Waals surface area contributed by atoms with Gasteiger partial charge in [-0.25, -0.2) is 4.79 Å². The minimum absolute atomic E-state index is 0.0919. The second-order valence-corrected chi connectivity index (χ2v) is 7.43. The van der Waals surface area contributed by atoms with Gasteiger partial charge in [0.25, 0.3) is 0 Å². The Morgan fingerprint density at radius 3 is 2.59 bits per heavy atom. The van der Waals surface area contributed by atoms with Crippen LogP contribution in [0.5, 0.6) is 5.75 Å². The van der Waals surface area contributed by atoms with E-state index in [2.05, 4.69) is 10.3 Å². The van der Waals surface area contributed by atoms with Crippen LogP contribution < -0.4 is 10.1 Å². The molecule has 1 N–H and O–H groups in total. The minimum atomic E-state index is -1.08. The Balaban J connectivity index is 1.50. The highest BCUT2D eigenvalue weighted by Gasteiger charge is 2.50. The van der Waals surface area contributed by atoms with Crippen LogP contribution in [0.2, 0.25) is 0 Å². The number of fused-ring (bicyclic) bond motifs is 2. The Morgan fingerprint density at radius 1 is 1.19 bits per heavy atom. The molecule has 0 aromatic heterocycles. The van der Waals surface area contributed by atoms with Crippen LogP contribution in [0.4, 0.5) is 10.5 Å². The molecule has 27 heavy (non-hydrogen) atoms. The predicted molar refractivity (Wildman–Crippen MR) is 98.9 cm³/mol. The number of nitrogens with zero attached hydrogens (tertiary/aromatic N) is 2. The zero-order valence-corrected chi connectivity index (χ0v) is 15.3. The summed E-state index contributed by atoms with van der Waals surface area (Å²) in [4.78, 5) is 43.0. The number of urea groups is 1. The molecule has 1 aromatic carbocycles. The van der Waals surface area contributed by atoms with E-state index in [9.17, 15) is 14.4 Å². The number of ether oxygens (including phenoxy) is 1. The molecule has 3 fully saturated rings. The maximum absolute atomic E-state index is 12.9. The Bertz CT molecular complexity index is 789. The van der Waals surface area contributed by atoms with Crippen molar-refractivity contribution in [2.45, 2.75) is 38.6 Å². The Kier molecular flexibility index (Phi) is 4.68. The zero-order chi connectivity index (χ0) is 19.0. The van der Waals surface area contributed by atoms with Crippen molar-refractivity contribution in [1.29, 1.82) is 0 Å². The maximum atomic E-state index is 12.9. The fourth-order valence-corrected chi connectivity index (χ4v) is 4.53. The van der Waals surface area contributed by atoms with E-state index >= 15 is 0 Å². The fraction of sp³-hybridized carbons (Fsp3) is 0.500. The molecular weight excluding hydrogens is 346 g/mol. The zero-order valence-electron chi connectivity index (χ0n) is 15.3. The third-order valence-electron chi connectivity index (χ3n) is 5.79. The number of hydrogen-bond donors (Lipinski definition) is 1. The van der Waals surface area contributed by atoms with Gasteiger partial charge in [0.2, 0.25) is 11.8 Å². The van der Waals surface area contributed by atoms with E-state index in [1.165, 1.54) is 17.5 Å². The third-order valence-corrected chi connectivity index (χ3v) is 5.79. The SMILES string of the molecule is CCOc1ccc(N=C[C@@H]2C(=O)NC(=O)N([C@H]3C[C@H]4CC[C@H]3C4)C2=O)cc1. The van der Waals surface area contributed by atoms with Crippen molar-refractivity contribution >= 4 is 29.7 Å². The number of hydrogen-bond acceptors (Lipinski definition) is 5. The second kappa shape index (κ2) is 7.13. The van der Waals surface area contributed by atoms with E-state index in [0.29, 0.717) is 24.1 Å². The second-order valence-electron chi connectivity index (χ2n) is 7.43. The standard InChI is InChI=1S/C20H23N3O4/c1-2-27-15-7-5-14(6-8-15)21-11-16-18(24)22-20(26)23(19(16)25)17-10-12-3-4-13(17)9-12/h5-8,11-13,16-17H,2-4,9-10H2,1H3,(H,22,24,26)/t12-,13-,16+,17-/m0/s1. The quantitative estimate of drug-likeness (QED) is 0.638. The number of imide groups is 2. The molecule has 1 aliphatic heterocycles. The predicted octanol–water partition coefficient (Wildman–Crippen LogP) is 2.67. The average molecular weight is 369 g/mol. The molecule has 4 amide bonds. The summed E-state index contributed by atoms with van der Waals surface area (Å²) < 4.78 is 5.38. The molecule has 7 heteroatoms. The van der Waals surface area contributed by atoms with Crippen LogP contribution in [-0.4, -0.2) is 41.6 Å². The summed E-state index contributed by atoms with van der Waals surface area (Å²) in [6.07, 6.45) is 5.47. The first-order valence-electron chi connectivity index (χ1n) is 9.51. The largest absolute Gasteiger partial charge is 0.494 e. The van der Waals surface area contributed by atoms with Crippen LogP contribution in [-0.2, 0) is 9.59 Å². The van der Waals surface area contributed by atoms with Crippen LogP contribution in [0.15, 0.2) is 29.3 Å². The van der Waals surface area contributed by atoms with Gasteiger partial charge in [0.05, 0.1) is 12.3 Å². The molecule has 0 spiro atoms. The first kappa shape index (κ1) is 17.7. The van der Waals surface area contributed by atoms with Crippen molar-refractivity contribution in [1.82, 2.24) is 10.2 Å². The van der Waals surface area contributed by atoms with E-state index in [0.717, 1.165) is 25.0 Å². The molecule has 2 saturated carbocycles. The smallest absolute Gasteiger partial charge is 0.331 e. The average Bonchev–Trinajstić information content (AvgIpc) is 3.26. The minimum Gasteiger partial charge on any atom is -0.494 e. The van der Waals surface area contributed by atoms with Crippen molar-refractivity contribution < 1.29 is 19.1 Å². The van der Waals surface area contributed by atoms with E-state index in [-0.39, 0.29) is 6.04 Å². The fourth-order valence-electron chi connectivity index (χ4n) is 4.53. The topological polar surface area (TPSA) is 88.1 Å². The van der Waals surface area contributed by atoms with Crippen molar-refractivity contribution in [2.24, 2.45) is 22.7 Å². The third kappa shape index (κ3) is 3.34. The number of nitrogens with one attached hydrogen (secondary N) is 1. The Morgan fingerprint density at radius 2 is 1.96 bits per heavy atom. The van der Waals surface area contributed by atoms with Crippen LogP contribution in [0, 0.1) is 17.8 Å². The summed E-state index contributed by atoms with van der Waals surface area (Å²) in [6, 6.07) is 6.39. The van der Waals surface area contributed by atoms with Gasteiger partial charge in [0.15, 0.2) is 5.92 Å². The first-order valence-corrected chi connectivity index (χ1v) is 9.51. The highest BCUT2D eigenvalue weighted by Crippen LogP contribution is 2.47. The van der Waals surface area contributed by atoms with Crippen molar-refractivity contribution in [3.63, 3.8) is 0 Å². The molecule has 2 bridgehead atoms. The summed E-state index contributed by atoms with van der Waals surface area (Å²) in [7, 11) is 0. The van der Waals surface area contributed by atoms with Crippen molar-refractivity contribution in [2.75, 3.05) is 6.61 Å². The van der Waals surface area contributed by atoms with Gasteiger partial charge >= 0.3 is 6.03 Å². The molecule has 142 valence electrons. The van der Waals surface area contributed by atoms with Crippen LogP contribution in [0.25, 0.3) is 0 Å². The highest BCUT2D eigenvalue weighted by atomic mass is 16.5. The molecule has 4 rings (SSSR count). The van der Waals surface area contributed by atoms with Crippen molar-refractivity contribution in [3.8, 4) is 5.75 Å². The summed E-state index contributed by atoms with van der Waals surface area (Å²) >= 11 is 0. The lowest BCUT2D eigenvalue weighted by Crippen LogP contribution is -2.62. The summed E-state index contributed by atoms with van der Waals surface area (Å²) in [6.45, 7) is 2.48. The number of carbonyl (C=O) groups excluding carboxylic acids is 3. The Hall–Kier alpha value is -2.70. The van der Waals surface area contributed by atoms with Gasteiger partial charge in [-0.3, -0.25) is 24.8 Å². The number of benzene rings is 1. The number of amides is 4. The summed E-state index contributed by atoms with van der Waals surface area (Å²) in [5, 5.41) is 2.32. The molecule has 1 aromatic rings. The Labute approximate surface area is 157 Å². The van der Waals surface area contributed by atoms with Crippen LogP contribution in [0.1, 0.15) is 32.6 Å². The molecule has 1 saturated heterocycles. The van der Waals surface area contributed by atoms with Crippen LogP contribution >= 0.6 is 0 Å². The molecule has 3 aliphatic rings. The van der Waals surface area contributed by atoms with Gasteiger partial charge in [-0.2, -0.15) is 0 Å². The van der Waals surface area contributed by atoms with Crippen molar-refractivity contribution in [3.05, 3.63) is 24.3 Å². The molecule has 2 aliphatic carbocycles. The van der Waals surface area contributed by atoms with E-state index < -0.39 is 23.8 Å². The van der Waals surface area contributed by atoms with E-state index in [4.69, 9.17) is 4.74 Å². The van der Waals surface area contributed by atoms with Gasteiger partial charge in [0, 0.05) is 12.3 Å². The van der Waals surface area contributed by atoms with Gasteiger partial charge < -0.3 is 4.74 Å². The maximum Gasteiger partial charge on any atom is 0.331 e. The number of rotatable bonds is 5. The van der Waals surface area contributed by atoms with Gasteiger partial charge in [-0.1, -0.05) is 6.42 Å². The molecule has 7 nitrogen and oxygen atoms in total. The number of barbiturate groups is 1. The molecule has 1 heterocycles. The number of carbonyl (C=O) groups is 3. The van der Waals surface area contributed by atoms with E-state index in [1.807, 2.05) is 6.92 Å². The molecule has 0 unspecified atom stereocenters. The molecule has 4 atom stereocenters. The molecule has 0 radical (unpaired) electrons. The normalized spacial score (nSPS) is 30.3. The van der Waals surface area contributed by atoms with E-state index in [1.54, 1.807) is 24.3 Å². The summed E-state index contributed by atoms with van der Waals surface area (Å²) in [5.74, 6) is -0.463. The monoisotopic (exact) mass is 369 g/mol. The lowest BCUT2D eigenvalue weighted by Gasteiger charge is -2.36. The van der Waals surface area contributed by atoms with Gasteiger partial charge in [0.1, 0.15) is 5.75 Å².